The molecule has 0 heterocycles. The highest BCUT2D eigenvalue weighted by Crippen LogP contribution is 2.25. The molecule has 0 fully saturated rings. The zero-order chi connectivity index (χ0) is 16.5. The average molecular weight is 381 g/mol. The minimum Gasteiger partial charge on any atom is -0.280 e. The van der Waals surface area contributed by atoms with Gasteiger partial charge in [0.2, 0.25) is 10.0 Å². The molecule has 0 spiro atoms. The first-order valence-corrected chi connectivity index (χ1v) is 9.48. The molecule has 2 aromatic rings. The molecule has 0 saturated heterocycles. The van der Waals surface area contributed by atoms with Crippen LogP contribution >= 0.6 is 23.2 Å². The first kappa shape index (κ1) is 17.0. The molecule has 0 saturated carbocycles. The van der Waals surface area contributed by atoms with E-state index in [-0.39, 0.29) is 25.5 Å². The molecule has 6 nitrogen and oxygen atoms in total. The van der Waals surface area contributed by atoms with Gasteiger partial charge < -0.3 is 0 Å². The van der Waals surface area contributed by atoms with Crippen LogP contribution in [0.3, 0.4) is 0 Å². The molecular weight excluding hydrogens is 371 g/mol. The number of anilines is 1. The van der Waals surface area contributed by atoms with Crippen molar-refractivity contribution in [3.05, 3.63) is 52.5 Å². The maximum Gasteiger partial charge on any atom is 0.261 e. The van der Waals surface area contributed by atoms with Crippen LogP contribution in [0.25, 0.3) is 0 Å². The Morgan fingerprint density at radius 2 is 1.41 bits per heavy atom. The molecule has 0 aliphatic heterocycles. The molecule has 0 aromatic heterocycles. The number of nitrogens with two attached hydrogens (primary N) is 1. The van der Waals surface area contributed by atoms with Crippen LogP contribution in [-0.2, 0) is 20.0 Å². The van der Waals surface area contributed by atoms with Gasteiger partial charge >= 0.3 is 0 Å². The van der Waals surface area contributed by atoms with E-state index in [0.717, 1.165) is 6.07 Å². The second-order valence-corrected chi connectivity index (χ2v) is 8.40. The Morgan fingerprint density at radius 3 is 1.95 bits per heavy atom. The lowest BCUT2D eigenvalue weighted by molar-refractivity contribution is 0.597. The van der Waals surface area contributed by atoms with Crippen molar-refractivity contribution < 1.29 is 16.8 Å². The molecule has 22 heavy (non-hydrogen) atoms. The molecule has 0 aliphatic rings. The van der Waals surface area contributed by atoms with Crippen LogP contribution < -0.4 is 9.86 Å². The molecule has 0 amide bonds. The molecule has 118 valence electrons. The van der Waals surface area contributed by atoms with Crippen LogP contribution in [-0.4, -0.2) is 16.8 Å². The first-order chi connectivity index (χ1) is 10.1. The summed E-state index contributed by atoms with van der Waals surface area (Å²) in [5.41, 5.74) is 0.151. The van der Waals surface area contributed by atoms with Gasteiger partial charge in [-0.1, -0.05) is 29.3 Å². The van der Waals surface area contributed by atoms with E-state index < -0.39 is 20.0 Å². The van der Waals surface area contributed by atoms with Gasteiger partial charge in [-0.25, -0.2) is 22.0 Å². The predicted octanol–water partition coefficient (Wildman–Crippen LogP) is 2.44. The fourth-order valence-corrected chi connectivity index (χ4v) is 3.89. The van der Waals surface area contributed by atoms with Crippen molar-refractivity contribution >= 4 is 48.9 Å². The topological polar surface area (TPSA) is 106 Å². The molecule has 0 atom stereocenters. The quantitative estimate of drug-likeness (QED) is 0.848. The third-order valence-electron chi connectivity index (χ3n) is 2.56. The lowest BCUT2D eigenvalue weighted by Gasteiger charge is -2.09. The summed E-state index contributed by atoms with van der Waals surface area (Å²) in [6, 6.07) is 8.86. The van der Waals surface area contributed by atoms with E-state index in [1.807, 2.05) is 0 Å². The van der Waals surface area contributed by atoms with Gasteiger partial charge in [-0.3, -0.25) is 4.72 Å². The summed E-state index contributed by atoms with van der Waals surface area (Å²) in [6.07, 6.45) is 0. The molecule has 2 aromatic carbocycles. The Balaban J connectivity index is 2.43. The minimum atomic E-state index is -4.02. The number of hydrogen-bond acceptors (Lipinski definition) is 4. The Hall–Kier alpha value is -1.32. The number of rotatable bonds is 4. The van der Waals surface area contributed by atoms with E-state index in [1.54, 1.807) is 0 Å². The summed E-state index contributed by atoms with van der Waals surface area (Å²) < 4.78 is 49.4. The average Bonchev–Trinajstić information content (AvgIpc) is 2.36. The van der Waals surface area contributed by atoms with Gasteiger partial charge in [0.1, 0.15) is 0 Å². The van der Waals surface area contributed by atoms with Gasteiger partial charge in [0.15, 0.2) is 0 Å². The number of sulfonamides is 2. The van der Waals surface area contributed by atoms with Gasteiger partial charge in [0.05, 0.1) is 15.5 Å². The van der Waals surface area contributed by atoms with Crippen LogP contribution in [0.4, 0.5) is 5.69 Å². The number of halogens is 2. The van der Waals surface area contributed by atoms with Crippen molar-refractivity contribution in [3.63, 3.8) is 0 Å². The highest BCUT2D eigenvalue weighted by molar-refractivity contribution is 7.93. The van der Waals surface area contributed by atoms with E-state index in [0.29, 0.717) is 0 Å². The van der Waals surface area contributed by atoms with Crippen LogP contribution in [0.2, 0.25) is 10.0 Å². The second kappa shape index (κ2) is 6.05. The van der Waals surface area contributed by atoms with E-state index in [2.05, 4.69) is 4.72 Å². The summed E-state index contributed by atoms with van der Waals surface area (Å²) >= 11 is 11.6. The van der Waals surface area contributed by atoms with Gasteiger partial charge in [0.25, 0.3) is 10.0 Å². The van der Waals surface area contributed by atoms with Crippen LogP contribution in [0, 0.1) is 0 Å². The Bertz CT molecular complexity index is 908. The monoisotopic (exact) mass is 380 g/mol. The minimum absolute atomic E-state index is 0.151. The fraction of sp³-hybridized carbons (Fsp3) is 0. The summed E-state index contributed by atoms with van der Waals surface area (Å²) in [5.74, 6) is 0. The molecule has 0 radical (unpaired) electrons. The van der Waals surface area contributed by atoms with Crippen LogP contribution in [0.1, 0.15) is 0 Å². The van der Waals surface area contributed by atoms with Crippen LogP contribution in [0.15, 0.2) is 52.3 Å². The lowest BCUT2D eigenvalue weighted by atomic mass is 10.3. The summed E-state index contributed by atoms with van der Waals surface area (Å²) in [4.78, 5) is -0.561. The van der Waals surface area contributed by atoms with E-state index in [4.69, 9.17) is 28.3 Å². The zero-order valence-corrected chi connectivity index (χ0v) is 14.0. The van der Waals surface area contributed by atoms with Gasteiger partial charge in [0, 0.05) is 10.0 Å². The zero-order valence-electron chi connectivity index (χ0n) is 10.8. The Kier molecular flexibility index (Phi) is 4.69. The lowest BCUT2D eigenvalue weighted by Crippen LogP contribution is -2.16. The van der Waals surface area contributed by atoms with Gasteiger partial charge in [-0.05, 0) is 36.4 Å². The number of hydrogen-bond donors (Lipinski definition) is 2. The summed E-state index contributed by atoms with van der Waals surface area (Å²) in [5, 5.41) is 5.49. The third-order valence-corrected chi connectivity index (χ3v) is 5.29. The predicted molar refractivity (Wildman–Crippen MR) is 85.1 cm³/mol. The number of primary sulfonamides is 1. The maximum atomic E-state index is 12.3. The Morgan fingerprint density at radius 1 is 0.864 bits per heavy atom. The van der Waals surface area contributed by atoms with Crippen molar-refractivity contribution in [2.75, 3.05) is 4.72 Å². The van der Waals surface area contributed by atoms with Crippen molar-refractivity contribution in [2.45, 2.75) is 9.79 Å². The van der Waals surface area contributed by atoms with Crippen molar-refractivity contribution in [3.8, 4) is 0 Å². The standard InChI is InChI=1S/C12H10Cl2N2O4S2/c13-8-4-9(14)6-10(5-8)16-22(19,20)12-3-1-2-11(7-12)21(15,17)18/h1-7,16H,(H2,15,17,18). The highest BCUT2D eigenvalue weighted by Gasteiger charge is 2.18. The van der Waals surface area contributed by atoms with Gasteiger partial charge in [-0.15, -0.1) is 0 Å². The Labute approximate surface area is 138 Å². The van der Waals surface area contributed by atoms with E-state index >= 15 is 0 Å². The molecule has 2 rings (SSSR count). The summed E-state index contributed by atoms with van der Waals surface area (Å²) in [7, 11) is -8.02. The van der Waals surface area contributed by atoms with Crippen molar-refractivity contribution in [1.29, 1.82) is 0 Å². The number of benzene rings is 2. The molecule has 10 heteroatoms. The highest BCUT2D eigenvalue weighted by atomic mass is 35.5. The summed E-state index contributed by atoms with van der Waals surface area (Å²) in [6.45, 7) is 0. The second-order valence-electron chi connectivity index (χ2n) is 4.28. The van der Waals surface area contributed by atoms with Gasteiger partial charge in [-0.2, -0.15) is 0 Å². The molecule has 0 aliphatic carbocycles. The first-order valence-electron chi connectivity index (χ1n) is 5.70. The largest absolute Gasteiger partial charge is 0.280 e. The third kappa shape index (κ3) is 4.11. The number of nitrogens with one attached hydrogen (secondary N) is 1. The molecular formula is C12H10Cl2N2O4S2. The van der Waals surface area contributed by atoms with Crippen molar-refractivity contribution in [1.82, 2.24) is 0 Å². The normalized spacial score (nSPS) is 12.1. The van der Waals surface area contributed by atoms with Crippen molar-refractivity contribution in [2.24, 2.45) is 5.14 Å². The smallest absolute Gasteiger partial charge is 0.261 e. The van der Waals surface area contributed by atoms with Crippen LogP contribution in [0.5, 0.6) is 0 Å². The SMILES string of the molecule is NS(=O)(=O)c1cccc(S(=O)(=O)Nc2cc(Cl)cc(Cl)c2)c1. The maximum absolute atomic E-state index is 12.3. The van der Waals surface area contributed by atoms with E-state index in [9.17, 15) is 16.8 Å². The fourth-order valence-electron chi connectivity index (χ4n) is 1.65. The van der Waals surface area contributed by atoms with E-state index in [1.165, 1.54) is 36.4 Å². The molecule has 3 N–H and O–H groups in total. The molecule has 0 unspecified atom stereocenters. The molecule has 0 bridgehead atoms.